The number of likely N-dealkylation sites (tertiary alicyclic amines) is 2. The lowest BCUT2D eigenvalue weighted by Crippen LogP contribution is -2.45. The number of carboxylic acid groups (broad SMARTS) is 1. The van der Waals surface area contributed by atoms with Crippen molar-refractivity contribution in [1.82, 2.24) is 20.0 Å². The summed E-state index contributed by atoms with van der Waals surface area (Å²) in [5.41, 5.74) is 2.19. The minimum absolute atomic E-state index is 0.100. The Bertz CT molecular complexity index is 795. The number of aromatic amines is 1. The summed E-state index contributed by atoms with van der Waals surface area (Å²) in [5.74, 6) is -0.913. The van der Waals surface area contributed by atoms with Crippen LogP contribution in [0.4, 0.5) is 0 Å². The molecule has 1 aromatic heterocycles. The van der Waals surface area contributed by atoms with Gasteiger partial charge in [0.1, 0.15) is 0 Å². The molecule has 0 aliphatic carbocycles. The second-order valence-electron chi connectivity index (χ2n) is 8.12. The van der Waals surface area contributed by atoms with Gasteiger partial charge in [-0.1, -0.05) is 42.5 Å². The topological polar surface area (TPSA) is 72.5 Å². The first kappa shape index (κ1) is 18.9. The second-order valence-corrected chi connectivity index (χ2v) is 8.12. The fourth-order valence-electron chi connectivity index (χ4n) is 4.73. The molecule has 2 saturated heterocycles. The van der Waals surface area contributed by atoms with Crippen molar-refractivity contribution in [3.05, 3.63) is 59.9 Å². The molecule has 2 N–H and O–H groups in total. The lowest BCUT2D eigenvalue weighted by atomic mass is 9.71. The second kappa shape index (κ2) is 8.29. The van der Waals surface area contributed by atoms with Gasteiger partial charge in [0, 0.05) is 43.5 Å². The Morgan fingerprint density at radius 1 is 1.21 bits per heavy atom. The molecule has 3 heterocycles. The van der Waals surface area contributed by atoms with Gasteiger partial charge >= 0.3 is 5.97 Å². The van der Waals surface area contributed by atoms with Crippen molar-refractivity contribution in [2.24, 2.45) is 11.3 Å². The highest BCUT2D eigenvalue weighted by Crippen LogP contribution is 2.45. The SMILES string of the molecule is O=C(O)C1CN(C/C=C/c2ccccc2)CC12CCN(Cc1ccn[nH]1)CC2. The number of rotatable bonds is 6. The van der Waals surface area contributed by atoms with E-state index in [9.17, 15) is 9.90 Å². The Labute approximate surface area is 165 Å². The van der Waals surface area contributed by atoms with Crippen molar-refractivity contribution < 1.29 is 9.90 Å². The Balaban J connectivity index is 1.36. The summed E-state index contributed by atoms with van der Waals surface area (Å²) >= 11 is 0. The van der Waals surface area contributed by atoms with Crippen molar-refractivity contribution in [1.29, 1.82) is 0 Å². The average molecular weight is 380 g/mol. The van der Waals surface area contributed by atoms with E-state index in [4.69, 9.17) is 0 Å². The van der Waals surface area contributed by atoms with Gasteiger partial charge in [0.2, 0.25) is 0 Å². The quantitative estimate of drug-likeness (QED) is 0.806. The maximum absolute atomic E-state index is 12.0. The Morgan fingerprint density at radius 3 is 2.68 bits per heavy atom. The number of carboxylic acids is 1. The van der Waals surface area contributed by atoms with Gasteiger partial charge in [0.25, 0.3) is 0 Å². The molecule has 0 saturated carbocycles. The van der Waals surface area contributed by atoms with Gasteiger partial charge in [0.15, 0.2) is 0 Å². The van der Waals surface area contributed by atoms with Crippen LogP contribution >= 0.6 is 0 Å². The van der Waals surface area contributed by atoms with Gasteiger partial charge < -0.3 is 5.11 Å². The molecular formula is C22H28N4O2. The first-order chi connectivity index (χ1) is 13.6. The largest absolute Gasteiger partial charge is 0.481 e. The molecule has 1 spiro atoms. The number of aromatic nitrogens is 2. The number of piperidine rings is 1. The van der Waals surface area contributed by atoms with E-state index in [0.717, 1.165) is 51.3 Å². The molecule has 1 atom stereocenters. The van der Waals surface area contributed by atoms with Crippen LogP contribution in [0.2, 0.25) is 0 Å². The minimum atomic E-state index is -0.642. The summed E-state index contributed by atoms with van der Waals surface area (Å²) in [6.07, 6.45) is 7.93. The van der Waals surface area contributed by atoms with Gasteiger partial charge in [-0.2, -0.15) is 5.10 Å². The van der Waals surface area contributed by atoms with Gasteiger partial charge in [-0.05, 0) is 37.6 Å². The van der Waals surface area contributed by atoms with Crippen LogP contribution in [-0.4, -0.2) is 63.8 Å². The Hall–Kier alpha value is -2.44. The number of benzene rings is 1. The minimum Gasteiger partial charge on any atom is -0.481 e. The first-order valence-electron chi connectivity index (χ1n) is 10.0. The average Bonchev–Trinajstić information content (AvgIpc) is 3.33. The summed E-state index contributed by atoms with van der Waals surface area (Å²) in [6, 6.07) is 12.2. The van der Waals surface area contributed by atoms with E-state index < -0.39 is 5.97 Å². The molecule has 6 heteroatoms. The van der Waals surface area contributed by atoms with E-state index in [-0.39, 0.29) is 11.3 Å². The smallest absolute Gasteiger partial charge is 0.308 e. The van der Waals surface area contributed by atoms with Crippen molar-refractivity contribution in [2.45, 2.75) is 19.4 Å². The predicted molar refractivity (Wildman–Crippen MR) is 109 cm³/mol. The number of carbonyl (C=O) groups is 1. The summed E-state index contributed by atoms with van der Waals surface area (Å²) in [6.45, 7) is 5.07. The molecule has 4 rings (SSSR count). The van der Waals surface area contributed by atoms with E-state index in [1.807, 2.05) is 24.3 Å². The van der Waals surface area contributed by atoms with Gasteiger partial charge in [-0.25, -0.2) is 0 Å². The molecule has 0 bridgehead atoms. The third kappa shape index (κ3) is 4.18. The molecule has 6 nitrogen and oxygen atoms in total. The van der Waals surface area contributed by atoms with E-state index in [1.165, 1.54) is 5.56 Å². The number of hydrogen-bond donors (Lipinski definition) is 2. The fourth-order valence-corrected chi connectivity index (χ4v) is 4.73. The van der Waals surface area contributed by atoms with Crippen LogP contribution in [0.1, 0.15) is 24.1 Å². The number of hydrogen-bond acceptors (Lipinski definition) is 4. The van der Waals surface area contributed by atoms with Crippen molar-refractivity contribution >= 4 is 12.0 Å². The molecule has 1 unspecified atom stereocenters. The zero-order chi connectivity index (χ0) is 19.4. The van der Waals surface area contributed by atoms with Gasteiger partial charge in [0.05, 0.1) is 5.92 Å². The van der Waals surface area contributed by atoms with Crippen LogP contribution in [0.3, 0.4) is 0 Å². The fraction of sp³-hybridized carbons (Fsp3) is 0.455. The first-order valence-corrected chi connectivity index (χ1v) is 10.0. The molecule has 148 valence electrons. The number of H-pyrrole nitrogens is 1. The molecule has 2 aliphatic rings. The summed E-state index contributed by atoms with van der Waals surface area (Å²) in [4.78, 5) is 16.7. The highest BCUT2D eigenvalue weighted by molar-refractivity contribution is 5.72. The van der Waals surface area contributed by atoms with Crippen molar-refractivity contribution in [3.63, 3.8) is 0 Å². The van der Waals surface area contributed by atoms with E-state index >= 15 is 0 Å². The third-order valence-electron chi connectivity index (χ3n) is 6.29. The van der Waals surface area contributed by atoms with Crippen LogP contribution in [-0.2, 0) is 11.3 Å². The number of nitrogens with one attached hydrogen (secondary N) is 1. The molecule has 2 aliphatic heterocycles. The zero-order valence-electron chi connectivity index (χ0n) is 16.1. The molecular weight excluding hydrogens is 352 g/mol. The van der Waals surface area contributed by atoms with Crippen molar-refractivity contribution in [2.75, 3.05) is 32.7 Å². The standard InChI is InChI=1S/C22H28N4O2/c27-21(28)20-16-26(12-4-7-18-5-2-1-3-6-18)17-22(20)9-13-25(14-10-22)15-19-8-11-23-24-19/h1-8,11,20H,9-10,12-17H2,(H,23,24)(H,27,28)/b7-4+. The third-order valence-corrected chi connectivity index (χ3v) is 6.29. The predicted octanol–water partition coefficient (Wildman–Crippen LogP) is 2.72. The number of aliphatic carboxylic acids is 1. The summed E-state index contributed by atoms with van der Waals surface area (Å²) < 4.78 is 0. The summed E-state index contributed by atoms with van der Waals surface area (Å²) in [5, 5.41) is 16.9. The summed E-state index contributed by atoms with van der Waals surface area (Å²) in [7, 11) is 0. The maximum Gasteiger partial charge on any atom is 0.308 e. The van der Waals surface area contributed by atoms with Crippen LogP contribution in [0.25, 0.3) is 6.08 Å². The maximum atomic E-state index is 12.0. The van der Waals surface area contributed by atoms with E-state index in [2.05, 4.69) is 44.3 Å². The molecule has 2 fully saturated rings. The Kier molecular flexibility index (Phi) is 5.59. The Morgan fingerprint density at radius 2 is 2.00 bits per heavy atom. The van der Waals surface area contributed by atoms with E-state index in [0.29, 0.717) is 6.54 Å². The van der Waals surface area contributed by atoms with Gasteiger partial charge in [-0.3, -0.25) is 19.7 Å². The van der Waals surface area contributed by atoms with Crippen molar-refractivity contribution in [3.8, 4) is 0 Å². The van der Waals surface area contributed by atoms with E-state index in [1.54, 1.807) is 6.20 Å². The molecule has 0 amide bonds. The molecule has 0 radical (unpaired) electrons. The lowest BCUT2D eigenvalue weighted by Gasteiger charge is -2.41. The molecule has 1 aromatic carbocycles. The molecule has 28 heavy (non-hydrogen) atoms. The lowest BCUT2D eigenvalue weighted by molar-refractivity contribution is -0.146. The zero-order valence-corrected chi connectivity index (χ0v) is 16.1. The number of nitrogens with zero attached hydrogens (tertiary/aromatic N) is 3. The highest BCUT2D eigenvalue weighted by atomic mass is 16.4. The molecule has 2 aromatic rings. The van der Waals surface area contributed by atoms with Crippen LogP contribution < -0.4 is 0 Å². The highest BCUT2D eigenvalue weighted by Gasteiger charge is 2.50. The normalized spacial score (nSPS) is 22.9. The monoisotopic (exact) mass is 380 g/mol. The van der Waals surface area contributed by atoms with Crippen LogP contribution in [0, 0.1) is 11.3 Å². The van der Waals surface area contributed by atoms with Gasteiger partial charge in [-0.15, -0.1) is 0 Å². The van der Waals surface area contributed by atoms with Crippen LogP contribution in [0.15, 0.2) is 48.7 Å². The van der Waals surface area contributed by atoms with Crippen LogP contribution in [0.5, 0.6) is 0 Å².